The molecule has 6 rings (SSSR count). The number of benzene rings is 2. The second-order valence-corrected chi connectivity index (χ2v) is 8.78. The number of carbonyl (C=O) groups excluding carboxylic acids is 1. The molecule has 0 spiro atoms. The quantitative estimate of drug-likeness (QED) is 0.406. The van der Waals surface area contributed by atoms with Crippen LogP contribution in [-0.2, 0) is 17.8 Å². The Balaban J connectivity index is 1.27. The molecule has 3 heterocycles. The molecule has 0 bridgehead atoms. The van der Waals surface area contributed by atoms with Crippen LogP contribution in [0.25, 0.3) is 28.5 Å². The van der Waals surface area contributed by atoms with Gasteiger partial charge in [0.1, 0.15) is 6.54 Å². The summed E-state index contributed by atoms with van der Waals surface area (Å²) in [5, 5.41) is 12.1. The SMILES string of the molecule is O=C(Cn1nc2c(-c3nc(-c4ccc(Cl)cc4)no3)cccn2c1=O)N[C@H]1CCc2ccccc21. The normalized spacial score (nSPS) is 14.8. The van der Waals surface area contributed by atoms with E-state index in [4.69, 9.17) is 16.1 Å². The molecule has 9 nitrogen and oxygen atoms in total. The number of rotatable bonds is 5. The molecular weight excluding hydrogens is 468 g/mol. The standard InChI is InChI=1S/C25H19ClN6O3/c26-17-10-7-16(8-11-17)22-28-24(35-30-22)19-6-3-13-31-23(19)29-32(25(31)34)14-21(33)27-20-12-9-15-4-1-2-5-18(15)20/h1-8,10-11,13,20H,9,12,14H2,(H,27,33)/t20-/m0/s1. The maximum Gasteiger partial charge on any atom is 0.350 e. The first-order chi connectivity index (χ1) is 17.1. The molecule has 0 unspecified atom stereocenters. The van der Waals surface area contributed by atoms with Crippen molar-refractivity contribution in [2.75, 3.05) is 0 Å². The second kappa shape index (κ2) is 8.52. The van der Waals surface area contributed by atoms with Crippen molar-refractivity contribution in [1.29, 1.82) is 0 Å². The number of pyridine rings is 1. The first kappa shape index (κ1) is 21.3. The Morgan fingerprint density at radius 2 is 1.94 bits per heavy atom. The van der Waals surface area contributed by atoms with E-state index < -0.39 is 5.69 Å². The van der Waals surface area contributed by atoms with Crippen molar-refractivity contribution in [2.45, 2.75) is 25.4 Å². The van der Waals surface area contributed by atoms with Gasteiger partial charge < -0.3 is 9.84 Å². The van der Waals surface area contributed by atoms with Crippen molar-refractivity contribution in [3.63, 3.8) is 0 Å². The average molecular weight is 487 g/mol. The summed E-state index contributed by atoms with van der Waals surface area (Å²) in [4.78, 5) is 30.2. The maximum absolute atomic E-state index is 12.9. The van der Waals surface area contributed by atoms with E-state index in [1.165, 1.54) is 9.96 Å². The van der Waals surface area contributed by atoms with Gasteiger partial charge in [0.05, 0.1) is 11.6 Å². The number of nitrogens with one attached hydrogen (secondary N) is 1. The molecular formula is C25H19ClN6O3. The van der Waals surface area contributed by atoms with Gasteiger partial charge in [0.15, 0.2) is 5.65 Å². The van der Waals surface area contributed by atoms with Crippen LogP contribution in [0.3, 0.4) is 0 Å². The van der Waals surface area contributed by atoms with Crippen LogP contribution in [0.1, 0.15) is 23.6 Å². The van der Waals surface area contributed by atoms with E-state index in [9.17, 15) is 9.59 Å². The minimum Gasteiger partial charge on any atom is -0.348 e. The fraction of sp³-hybridized carbons (Fsp3) is 0.160. The first-order valence-corrected chi connectivity index (χ1v) is 11.5. The van der Waals surface area contributed by atoms with Crippen LogP contribution in [0.15, 0.2) is 76.2 Å². The molecule has 0 radical (unpaired) electrons. The summed E-state index contributed by atoms with van der Waals surface area (Å²) in [6.45, 7) is -0.196. The number of aryl methyl sites for hydroxylation is 1. The topological polar surface area (TPSA) is 107 Å². The lowest BCUT2D eigenvalue weighted by molar-refractivity contribution is -0.122. The Kier molecular flexibility index (Phi) is 5.18. The summed E-state index contributed by atoms with van der Waals surface area (Å²) in [7, 11) is 0. The molecule has 35 heavy (non-hydrogen) atoms. The molecule has 1 aliphatic carbocycles. The number of carbonyl (C=O) groups is 1. The molecule has 1 amide bonds. The molecule has 0 saturated heterocycles. The van der Waals surface area contributed by atoms with Gasteiger partial charge in [-0.25, -0.2) is 13.9 Å². The Labute approximate surface area is 204 Å². The molecule has 5 aromatic rings. The molecule has 1 atom stereocenters. The largest absolute Gasteiger partial charge is 0.350 e. The van der Waals surface area contributed by atoms with E-state index in [-0.39, 0.29) is 24.4 Å². The number of hydrogen-bond acceptors (Lipinski definition) is 6. The Morgan fingerprint density at radius 1 is 1.11 bits per heavy atom. The number of aromatic nitrogens is 5. The Bertz CT molecular complexity index is 1620. The number of nitrogens with zero attached hydrogens (tertiary/aromatic N) is 5. The third-order valence-corrected chi connectivity index (χ3v) is 6.38. The lowest BCUT2D eigenvalue weighted by atomic mass is 10.1. The second-order valence-electron chi connectivity index (χ2n) is 8.34. The van der Waals surface area contributed by atoms with Crippen LogP contribution in [0.2, 0.25) is 5.02 Å². The lowest BCUT2D eigenvalue weighted by Gasteiger charge is -2.13. The van der Waals surface area contributed by atoms with Crippen LogP contribution in [0.4, 0.5) is 0 Å². The monoisotopic (exact) mass is 486 g/mol. The summed E-state index contributed by atoms with van der Waals surface area (Å²) in [5.74, 6) is 0.322. The summed E-state index contributed by atoms with van der Waals surface area (Å²) in [6.07, 6.45) is 3.34. The minimum absolute atomic E-state index is 0.0633. The van der Waals surface area contributed by atoms with Crippen molar-refractivity contribution >= 4 is 23.2 Å². The van der Waals surface area contributed by atoms with Crippen LogP contribution in [0.5, 0.6) is 0 Å². The van der Waals surface area contributed by atoms with E-state index in [0.717, 1.165) is 28.7 Å². The van der Waals surface area contributed by atoms with Crippen molar-refractivity contribution in [1.82, 2.24) is 29.6 Å². The molecule has 3 aromatic heterocycles. The van der Waals surface area contributed by atoms with E-state index in [2.05, 4.69) is 26.6 Å². The molecule has 1 N–H and O–H groups in total. The van der Waals surface area contributed by atoms with Gasteiger partial charge in [0.25, 0.3) is 5.89 Å². The number of halogens is 1. The molecule has 174 valence electrons. The smallest absolute Gasteiger partial charge is 0.348 e. The molecule has 0 fully saturated rings. The first-order valence-electron chi connectivity index (χ1n) is 11.1. The highest BCUT2D eigenvalue weighted by Gasteiger charge is 2.24. The molecule has 2 aromatic carbocycles. The van der Waals surface area contributed by atoms with Crippen molar-refractivity contribution in [3.8, 4) is 22.8 Å². The van der Waals surface area contributed by atoms with E-state index in [0.29, 0.717) is 22.1 Å². The predicted octanol–water partition coefficient (Wildman–Crippen LogP) is 3.67. The number of fused-ring (bicyclic) bond motifs is 2. The van der Waals surface area contributed by atoms with Crippen LogP contribution in [-0.4, -0.2) is 30.2 Å². The average Bonchev–Trinajstić information content (AvgIpc) is 3.59. The zero-order valence-corrected chi connectivity index (χ0v) is 19.1. The summed E-state index contributed by atoms with van der Waals surface area (Å²) < 4.78 is 7.96. The molecule has 0 saturated carbocycles. The van der Waals surface area contributed by atoms with E-state index in [1.807, 2.05) is 18.2 Å². The van der Waals surface area contributed by atoms with Gasteiger partial charge in [-0.3, -0.25) is 4.79 Å². The highest BCUT2D eigenvalue weighted by molar-refractivity contribution is 6.30. The maximum atomic E-state index is 12.9. The summed E-state index contributed by atoms with van der Waals surface area (Å²) >= 11 is 5.95. The van der Waals surface area contributed by atoms with Gasteiger partial charge >= 0.3 is 5.69 Å². The fourth-order valence-electron chi connectivity index (χ4n) is 4.44. The minimum atomic E-state index is -0.429. The van der Waals surface area contributed by atoms with Crippen molar-refractivity contribution < 1.29 is 9.32 Å². The predicted molar refractivity (Wildman–Crippen MR) is 129 cm³/mol. The van der Waals surface area contributed by atoms with Gasteiger partial charge in [-0.2, -0.15) is 4.98 Å². The molecule has 10 heteroatoms. The molecule has 0 aliphatic heterocycles. The highest BCUT2D eigenvalue weighted by Crippen LogP contribution is 2.30. The van der Waals surface area contributed by atoms with Crippen LogP contribution >= 0.6 is 11.6 Å². The van der Waals surface area contributed by atoms with Gasteiger partial charge in [-0.05, 0) is 60.4 Å². The van der Waals surface area contributed by atoms with E-state index in [1.54, 1.807) is 42.6 Å². The Hall–Kier alpha value is -4.24. The van der Waals surface area contributed by atoms with Gasteiger partial charge in [0, 0.05) is 16.8 Å². The fourth-order valence-corrected chi connectivity index (χ4v) is 4.57. The van der Waals surface area contributed by atoms with Gasteiger partial charge in [-0.15, -0.1) is 5.10 Å². The summed E-state index contributed by atoms with van der Waals surface area (Å²) in [5.41, 5.74) is 3.48. The third kappa shape index (κ3) is 3.89. The van der Waals surface area contributed by atoms with Crippen molar-refractivity contribution in [3.05, 3.63) is 93.5 Å². The lowest BCUT2D eigenvalue weighted by Crippen LogP contribution is -2.34. The molecule has 1 aliphatic rings. The van der Waals surface area contributed by atoms with Crippen LogP contribution < -0.4 is 11.0 Å². The third-order valence-electron chi connectivity index (χ3n) is 6.13. The zero-order valence-electron chi connectivity index (χ0n) is 18.4. The Morgan fingerprint density at radius 3 is 2.80 bits per heavy atom. The van der Waals surface area contributed by atoms with E-state index >= 15 is 0 Å². The number of amides is 1. The number of hydrogen-bond donors (Lipinski definition) is 1. The zero-order chi connectivity index (χ0) is 23.9. The van der Waals surface area contributed by atoms with Crippen molar-refractivity contribution in [2.24, 2.45) is 0 Å². The summed E-state index contributed by atoms with van der Waals surface area (Å²) in [6, 6.07) is 18.5. The van der Waals surface area contributed by atoms with Gasteiger partial charge in [0.2, 0.25) is 11.7 Å². The highest BCUT2D eigenvalue weighted by atomic mass is 35.5. The van der Waals surface area contributed by atoms with Crippen LogP contribution in [0, 0.1) is 0 Å². The van der Waals surface area contributed by atoms with Gasteiger partial charge in [-0.1, -0.05) is 41.0 Å².